The van der Waals surface area contributed by atoms with Crippen LogP contribution >= 0.6 is 0 Å². The number of rotatable bonds is 8. The zero-order valence-electron chi connectivity index (χ0n) is 12.5. The fourth-order valence-electron chi connectivity index (χ4n) is 2.20. The van der Waals surface area contributed by atoms with Gasteiger partial charge in [-0.1, -0.05) is 44.2 Å². The molecule has 0 saturated carbocycles. The summed E-state index contributed by atoms with van der Waals surface area (Å²) >= 11 is 0. The van der Waals surface area contributed by atoms with E-state index in [4.69, 9.17) is 0 Å². The van der Waals surface area contributed by atoms with Crippen LogP contribution in [0.25, 0.3) is 0 Å². The zero-order chi connectivity index (χ0) is 14.2. The van der Waals surface area contributed by atoms with Crippen LogP contribution in [0.5, 0.6) is 0 Å². The van der Waals surface area contributed by atoms with Crippen molar-refractivity contribution in [3.8, 4) is 0 Å². The molecule has 0 aliphatic heterocycles. The third-order valence-electron chi connectivity index (χ3n) is 3.35. The number of aromatic nitrogens is 2. The molecule has 1 aromatic carbocycles. The van der Waals surface area contributed by atoms with Crippen LogP contribution < -0.4 is 5.32 Å². The summed E-state index contributed by atoms with van der Waals surface area (Å²) in [5.41, 5.74) is 2.56. The van der Waals surface area contributed by atoms with Gasteiger partial charge in [-0.25, -0.2) is 4.98 Å². The van der Waals surface area contributed by atoms with E-state index in [2.05, 4.69) is 65.2 Å². The second-order valence-electron chi connectivity index (χ2n) is 5.58. The van der Waals surface area contributed by atoms with E-state index in [0.29, 0.717) is 6.04 Å². The second kappa shape index (κ2) is 7.85. The molecule has 20 heavy (non-hydrogen) atoms. The van der Waals surface area contributed by atoms with Gasteiger partial charge in [0.05, 0.1) is 12.0 Å². The maximum atomic E-state index is 4.43. The molecule has 108 valence electrons. The minimum absolute atomic E-state index is 0.506. The van der Waals surface area contributed by atoms with Crippen LogP contribution in [0.15, 0.2) is 42.9 Å². The monoisotopic (exact) mass is 271 g/mol. The average molecular weight is 271 g/mol. The van der Waals surface area contributed by atoms with Gasteiger partial charge in [0.1, 0.15) is 0 Å². The van der Waals surface area contributed by atoms with E-state index < -0.39 is 0 Å². The van der Waals surface area contributed by atoms with Crippen molar-refractivity contribution in [3.63, 3.8) is 0 Å². The van der Waals surface area contributed by atoms with Crippen molar-refractivity contribution in [1.82, 2.24) is 14.9 Å². The van der Waals surface area contributed by atoms with Gasteiger partial charge in [-0.15, -0.1) is 0 Å². The Balaban J connectivity index is 1.67. The zero-order valence-corrected chi connectivity index (χ0v) is 12.5. The molecule has 3 nitrogen and oxygen atoms in total. The lowest BCUT2D eigenvalue weighted by Crippen LogP contribution is -2.21. The summed E-state index contributed by atoms with van der Waals surface area (Å²) in [6.07, 6.45) is 7.68. The van der Waals surface area contributed by atoms with Crippen LogP contribution in [0.3, 0.4) is 0 Å². The number of nitrogens with one attached hydrogen (secondary N) is 1. The van der Waals surface area contributed by atoms with Crippen LogP contribution in [0.2, 0.25) is 0 Å². The predicted molar refractivity (Wildman–Crippen MR) is 83.6 cm³/mol. The van der Waals surface area contributed by atoms with Crippen molar-refractivity contribution < 1.29 is 0 Å². The standard InChI is InChI=1S/C17H25N3/c1-15(2)18-12-17-13-20(14-19-17)11-7-6-10-16-8-4-3-5-9-16/h3-5,8-9,13-15,18H,6-7,10-12H2,1-2H3. The van der Waals surface area contributed by atoms with E-state index in [0.717, 1.165) is 25.2 Å². The molecule has 0 saturated heterocycles. The molecule has 0 atom stereocenters. The van der Waals surface area contributed by atoms with E-state index in [1.165, 1.54) is 18.4 Å². The number of unbranched alkanes of at least 4 members (excludes halogenated alkanes) is 1. The number of imidazole rings is 1. The van der Waals surface area contributed by atoms with E-state index in [9.17, 15) is 0 Å². The third-order valence-corrected chi connectivity index (χ3v) is 3.35. The number of hydrogen-bond acceptors (Lipinski definition) is 2. The van der Waals surface area contributed by atoms with Crippen molar-refractivity contribution in [1.29, 1.82) is 0 Å². The second-order valence-corrected chi connectivity index (χ2v) is 5.58. The molecular formula is C17H25N3. The maximum absolute atomic E-state index is 4.43. The van der Waals surface area contributed by atoms with Crippen molar-refractivity contribution in [3.05, 3.63) is 54.1 Å². The molecule has 2 aromatic rings. The SMILES string of the molecule is CC(C)NCc1cn(CCCCc2ccccc2)cn1. The minimum atomic E-state index is 0.506. The maximum Gasteiger partial charge on any atom is 0.0949 e. The van der Waals surface area contributed by atoms with Gasteiger partial charge in [-0.3, -0.25) is 0 Å². The third kappa shape index (κ3) is 5.17. The smallest absolute Gasteiger partial charge is 0.0949 e. The van der Waals surface area contributed by atoms with Gasteiger partial charge in [0.25, 0.3) is 0 Å². The molecule has 2 rings (SSSR count). The van der Waals surface area contributed by atoms with Crippen LogP contribution in [0.1, 0.15) is 37.9 Å². The highest BCUT2D eigenvalue weighted by atomic mass is 15.0. The van der Waals surface area contributed by atoms with Crippen molar-refractivity contribution in [2.75, 3.05) is 0 Å². The Morgan fingerprint density at radius 3 is 2.70 bits per heavy atom. The van der Waals surface area contributed by atoms with E-state index in [1.54, 1.807) is 0 Å². The number of benzene rings is 1. The first-order chi connectivity index (χ1) is 9.74. The van der Waals surface area contributed by atoms with Gasteiger partial charge in [0.15, 0.2) is 0 Å². The highest BCUT2D eigenvalue weighted by molar-refractivity contribution is 5.14. The van der Waals surface area contributed by atoms with E-state index in [-0.39, 0.29) is 0 Å². The van der Waals surface area contributed by atoms with Crippen LogP contribution in [0.4, 0.5) is 0 Å². The highest BCUT2D eigenvalue weighted by Crippen LogP contribution is 2.06. The predicted octanol–water partition coefficient (Wildman–Crippen LogP) is 3.40. The summed E-state index contributed by atoms with van der Waals surface area (Å²) in [5.74, 6) is 0. The first kappa shape index (κ1) is 14.8. The molecule has 1 N–H and O–H groups in total. The quantitative estimate of drug-likeness (QED) is 0.746. The van der Waals surface area contributed by atoms with E-state index >= 15 is 0 Å². The molecule has 0 radical (unpaired) electrons. The largest absolute Gasteiger partial charge is 0.337 e. The molecule has 0 spiro atoms. The summed E-state index contributed by atoms with van der Waals surface area (Å²) in [7, 11) is 0. The molecule has 3 heteroatoms. The summed E-state index contributed by atoms with van der Waals surface area (Å²) in [6.45, 7) is 6.22. The summed E-state index contributed by atoms with van der Waals surface area (Å²) in [5, 5.41) is 3.39. The number of hydrogen-bond donors (Lipinski definition) is 1. The molecule has 0 unspecified atom stereocenters. The van der Waals surface area contributed by atoms with Gasteiger partial charge in [-0.05, 0) is 24.8 Å². The highest BCUT2D eigenvalue weighted by Gasteiger charge is 2.00. The lowest BCUT2D eigenvalue weighted by molar-refractivity contribution is 0.580. The summed E-state index contributed by atoms with van der Waals surface area (Å²) in [6, 6.07) is 11.2. The lowest BCUT2D eigenvalue weighted by Gasteiger charge is -2.05. The molecule has 0 fully saturated rings. The fraction of sp³-hybridized carbons (Fsp3) is 0.471. The van der Waals surface area contributed by atoms with Crippen LogP contribution in [0, 0.1) is 0 Å². The topological polar surface area (TPSA) is 29.9 Å². The Morgan fingerprint density at radius 2 is 1.95 bits per heavy atom. The fourth-order valence-corrected chi connectivity index (χ4v) is 2.20. The Labute approximate surface area is 122 Å². The Kier molecular flexibility index (Phi) is 5.81. The number of nitrogens with zero attached hydrogens (tertiary/aromatic N) is 2. The van der Waals surface area contributed by atoms with Gasteiger partial charge < -0.3 is 9.88 Å². The number of aryl methyl sites for hydroxylation is 2. The molecule has 1 heterocycles. The Morgan fingerprint density at radius 1 is 1.15 bits per heavy atom. The molecule has 0 aliphatic carbocycles. The van der Waals surface area contributed by atoms with E-state index in [1.807, 2.05) is 6.33 Å². The molecule has 0 bridgehead atoms. The normalized spacial score (nSPS) is 11.2. The van der Waals surface area contributed by atoms with Crippen molar-refractivity contribution >= 4 is 0 Å². The molecule has 0 aliphatic rings. The first-order valence-corrected chi connectivity index (χ1v) is 7.52. The van der Waals surface area contributed by atoms with Crippen molar-refractivity contribution in [2.45, 2.75) is 52.2 Å². The molecular weight excluding hydrogens is 246 g/mol. The van der Waals surface area contributed by atoms with Gasteiger partial charge in [0.2, 0.25) is 0 Å². The Hall–Kier alpha value is -1.61. The van der Waals surface area contributed by atoms with Crippen LogP contribution in [-0.2, 0) is 19.5 Å². The van der Waals surface area contributed by atoms with Gasteiger partial charge >= 0.3 is 0 Å². The molecule has 1 aromatic heterocycles. The van der Waals surface area contributed by atoms with Gasteiger partial charge in [-0.2, -0.15) is 0 Å². The van der Waals surface area contributed by atoms with Crippen LogP contribution in [-0.4, -0.2) is 15.6 Å². The van der Waals surface area contributed by atoms with Crippen molar-refractivity contribution in [2.24, 2.45) is 0 Å². The summed E-state index contributed by atoms with van der Waals surface area (Å²) < 4.78 is 2.20. The van der Waals surface area contributed by atoms with Gasteiger partial charge in [0, 0.05) is 25.3 Å². The average Bonchev–Trinajstić information content (AvgIpc) is 2.90. The first-order valence-electron chi connectivity index (χ1n) is 7.52. The summed E-state index contributed by atoms with van der Waals surface area (Å²) in [4.78, 5) is 4.43. The lowest BCUT2D eigenvalue weighted by atomic mass is 10.1. The Bertz CT molecular complexity index is 488. The molecule has 0 amide bonds. The minimum Gasteiger partial charge on any atom is -0.337 e.